The average molecular weight is 305 g/mol. The Bertz CT molecular complexity index is 689. The first kappa shape index (κ1) is 14.1. The second-order valence-electron chi connectivity index (χ2n) is 5.50. The molecule has 1 aromatic carbocycles. The van der Waals surface area contributed by atoms with Gasteiger partial charge in [-0.2, -0.15) is 0 Å². The topological polar surface area (TPSA) is 42.4 Å². The second-order valence-corrected chi connectivity index (χ2v) is 5.94. The molecule has 21 heavy (non-hydrogen) atoms. The lowest BCUT2D eigenvalue weighted by Gasteiger charge is -2.20. The molecule has 0 radical (unpaired) electrons. The summed E-state index contributed by atoms with van der Waals surface area (Å²) in [7, 11) is 1.45. The predicted molar refractivity (Wildman–Crippen MR) is 83.6 cm³/mol. The van der Waals surface area contributed by atoms with E-state index in [4.69, 9.17) is 16.3 Å². The maximum atomic E-state index is 11.8. The molecular formula is C16H17ClN2O2. The third kappa shape index (κ3) is 2.56. The number of esters is 1. The number of halogens is 1. The molecule has 2 unspecified atom stereocenters. The van der Waals surface area contributed by atoms with Crippen LogP contribution in [0.4, 0.5) is 5.69 Å². The van der Waals surface area contributed by atoms with Crippen LogP contribution >= 0.6 is 11.6 Å². The number of carbonyl (C=O) groups excluding carboxylic acids is 1. The molecule has 2 aromatic rings. The number of hydrogen-bond acceptors (Lipinski definition) is 4. The number of pyridine rings is 1. The van der Waals surface area contributed by atoms with Crippen molar-refractivity contribution in [2.75, 3.05) is 25.1 Å². The molecule has 1 fully saturated rings. The minimum Gasteiger partial charge on any atom is -0.469 e. The van der Waals surface area contributed by atoms with Crippen LogP contribution in [0.1, 0.15) is 6.92 Å². The monoisotopic (exact) mass is 304 g/mol. The lowest BCUT2D eigenvalue weighted by Crippen LogP contribution is -2.24. The fourth-order valence-electron chi connectivity index (χ4n) is 3.00. The fourth-order valence-corrected chi connectivity index (χ4v) is 3.17. The van der Waals surface area contributed by atoms with Gasteiger partial charge in [-0.15, -0.1) is 0 Å². The molecule has 5 heteroatoms. The van der Waals surface area contributed by atoms with Crippen molar-refractivity contribution in [2.24, 2.45) is 11.8 Å². The fraction of sp³-hybridized carbons (Fsp3) is 0.375. The van der Waals surface area contributed by atoms with Crippen molar-refractivity contribution in [2.45, 2.75) is 6.92 Å². The van der Waals surface area contributed by atoms with Gasteiger partial charge in [0.25, 0.3) is 0 Å². The van der Waals surface area contributed by atoms with Crippen LogP contribution in [-0.2, 0) is 9.53 Å². The number of hydrogen-bond donors (Lipinski definition) is 0. The first-order valence-electron chi connectivity index (χ1n) is 6.97. The van der Waals surface area contributed by atoms with Gasteiger partial charge in [-0.1, -0.05) is 18.5 Å². The molecule has 1 aliphatic rings. The first-order chi connectivity index (χ1) is 10.1. The van der Waals surface area contributed by atoms with Crippen LogP contribution in [0.5, 0.6) is 0 Å². The van der Waals surface area contributed by atoms with Crippen LogP contribution in [0.25, 0.3) is 10.9 Å². The molecule has 1 aromatic heterocycles. The van der Waals surface area contributed by atoms with E-state index >= 15 is 0 Å². The average Bonchev–Trinajstić information content (AvgIpc) is 2.87. The van der Waals surface area contributed by atoms with E-state index in [1.807, 2.05) is 24.3 Å². The Kier molecular flexibility index (Phi) is 3.72. The Morgan fingerprint density at radius 1 is 1.38 bits per heavy atom. The maximum absolute atomic E-state index is 11.8. The van der Waals surface area contributed by atoms with Gasteiger partial charge < -0.3 is 9.64 Å². The van der Waals surface area contributed by atoms with Gasteiger partial charge in [0.05, 0.1) is 18.5 Å². The molecule has 2 atom stereocenters. The van der Waals surface area contributed by atoms with Crippen LogP contribution in [0.2, 0.25) is 5.02 Å². The van der Waals surface area contributed by atoms with E-state index in [0.717, 1.165) is 23.1 Å². The van der Waals surface area contributed by atoms with Gasteiger partial charge in [-0.05, 0) is 30.2 Å². The summed E-state index contributed by atoms with van der Waals surface area (Å²) in [5.41, 5.74) is 1.96. The summed E-state index contributed by atoms with van der Waals surface area (Å²) in [6, 6.07) is 7.70. The summed E-state index contributed by atoms with van der Waals surface area (Å²) in [6.07, 6.45) is 1.78. The highest BCUT2D eigenvalue weighted by Crippen LogP contribution is 2.33. The number of aromatic nitrogens is 1. The molecule has 2 heterocycles. The molecule has 1 saturated heterocycles. The van der Waals surface area contributed by atoms with Crippen molar-refractivity contribution < 1.29 is 9.53 Å². The van der Waals surface area contributed by atoms with Gasteiger partial charge in [-0.3, -0.25) is 9.78 Å². The Labute approximate surface area is 128 Å². The van der Waals surface area contributed by atoms with Crippen molar-refractivity contribution in [3.8, 4) is 0 Å². The number of anilines is 1. The largest absolute Gasteiger partial charge is 0.469 e. The third-order valence-corrected chi connectivity index (χ3v) is 4.37. The molecule has 4 nitrogen and oxygen atoms in total. The van der Waals surface area contributed by atoms with Gasteiger partial charge >= 0.3 is 5.97 Å². The van der Waals surface area contributed by atoms with Crippen molar-refractivity contribution in [3.63, 3.8) is 0 Å². The van der Waals surface area contributed by atoms with Crippen LogP contribution in [0.15, 0.2) is 30.5 Å². The standard InChI is InChI=1S/C16H17ClN2O2/c1-10-8-19(9-13(10)16(20)21-2)15-5-6-18-14-7-11(17)3-4-12(14)15/h3-7,10,13H,8-9H2,1-2H3. The number of fused-ring (bicyclic) bond motifs is 1. The summed E-state index contributed by atoms with van der Waals surface area (Å²) in [4.78, 5) is 18.4. The SMILES string of the molecule is COC(=O)C1CN(c2ccnc3cc(Cl)ccc23)CC1C. The molecule has 0 spiro atoms. The van der Waals surface area contributed by atoms with Crippen LogP contribution in [0, 0.1) is 11.8 Å². The van der Waals surface area contributed by atoms with E-state index in [0.29, 0.717) is 11.6 Å². The number of benzene rings is 1. The highest BCUT2D eigenvalue weighted by atomic mass is 35.5. The Morgan fingerprint density at radius 3 is 2.95 bits per heavy atom. The van der Waals surface area contributed by atoms with Gasteiger partial charge in [0.2, 0.25) is 0 Å². The van der Waals surface area contributed by atoms with E-state index in [1.165, 1.54) is 7.11 Å². The maximum Gasteiger partial charge on any atom is 0.310 e. The summed E-state index contributed by atoms with van der Waals surface area (Å²) >= 11 is 6.02. The van der Waals surface area contributed by atoms with Crippen molar-refractivity contribution in [1.29, 1.82) is 0 Å². The lowest BCUT2D eigenvalue weighted by molar-refractivity contribution is -0.145. The molecule has 0 saturated carbocycles. The number of methoxy groups -OCH3 is 1. The van der Waals surface area contributed by atoms with Crippen molar-refractivity contribution >= 4 is 34.2 Å². The summed E-state index contributed by atoms with van der Waals surface area (Å²) in [5.74, 6) is 0.0601. The van der Waals surface area contributed by atoms with E-state index < -0.39 is 0 Å². The zero-order valence-electron chi connectivity index (χ0n) is 12.0. The van der Waals surface area contributed by atoms with Gasteiger partial charge in [-0.25, -0.2) is 0 Å². The van der Waals surface area contributed by atoms with Crippen LogP contribution < -0.4 is 4.90 Å². The van der Waals surface area contributed by atoms with Gasteiger partial charge in [0.1, 0.15) is 0 Å². The zero-order valence-corrected chi connectivity index (χ0v) is 12.8. The highest BCUT2D eigenvalue weighted by molar-refractivity contribution is 6.31. The minimum atomic E-state index is -0.133. The highest BCUT2D eigenvalue weighted by Gasteiger charge is 2.36. The molecule has 0 N–H and O–H groups in total. The van der Waals surface area contributed by atoms with Gasteiger partial charge in [0.15, 0.2) is 0 Å². The smallest absolute Gasteiger partial charge is 0.310 e. The Balaban J connectivity index is 1.97. The molecular weight excluding hydrogens is 288 g/mol. The number of carbonyl (C=O) groups is 1. The van der Waals surface area contributed by atoms with E-state index in [1.54, 1.807) is 6.20 Å². The molecule has 0 amide bonds. The van der Waals surface area contributed by atoms with Gasteiger partial charge in [0, 0.05) is 35.4 Å². The summed E-state index contributed by atoms with van der Waals surface area (Å²) < 4.78 is 4.90. The van der Waals surface area contributed by atoms with E-state index in [2.05, 4.69) is 16.8 Å². The number of rotatable bonds is 2. The predicted octanol–water partition coefficient (Wildman–Crippen LogP) is 3.13. The second kappa shape index (κ2) is 5.53. The Morgan fingerprint density at radius 2 is 2.19 bits per heavy atom. The lowest BCUT2D eigenvalue weighted by atomic mass is 9.99. The number of nitrogens with zero attached hydrogens (tertiary/aromatic N) is 2. The van der Waals surface area contributed by atoms with Crippen LogP contribution in [-0.4, -0.2) is 31.2 Å². The third-order valence-electron chi connectivity index (χ3n) is 4.14. The minimum absolute atomic E-state index is 0.0782. The van der Waals surface area contributed by atoms with E-state index in [9.17, 15) is 4.79 Å². The van der Waals surface area contributed by atoms with E-state index in [-0.39, 0.29) is 17.8 Å². The summed E-state index contributed by atoms with van der Waals surface area (Å²) in [5, 5.41) is 1.73. The zero-order chi connectivity index (χ0) is 15.0. The molecule has 110 valence electrons. The Hall–Kier alpha value is -1.81. The van der Waals surface area contributed by atoms with Crippen LogP contribution in [0.3, 0.4) is 0 Å². The quantitative estimate of drug-likeness (QED) is 0.799. The van der Waals surface area contributed by atoms with Crippen molar-refractivity contribution in [3.05, 3.63) is 35.5 Å². The normalized spacial score (nSPS) is 21.8. The summed E-state index contributed by atoms with van der Waals surface area (Å²) in [6.45, 7) is 3.60. The molecule has 0 bridgehead atoms. The number of ether oxygens (including phenoxy) is 1. The molecule has 3 rings (SSSR count). The first-order valence-corrected chi connectivity index (χ1v) is 7.35. The van der Waals surface area contributed by atoms with Crippen molar-refractivity contribution in [1.82, 2.24) is 4.98 Å². The molecule has 1 aliphatic heterocycles. The molecule has 0 aliphatic carbocycles.